The number of rotatable bonds is 5. The lowest BCUT2D eigenvalue weighted by atomic mass is 10.1. The molecule has 100 valence electrons. The monoisotopic (exact) mass is 258 g/mol. The predicted octanol–water partition coefficient (Wildman–Crippen LogP) is 1.85. The van der Waals surface area contributed by atoms with E-state index in [9.17, 15) is 4.79 Å². The van der Waals surface area contributed by atoms with E-state index in [1.807, 2.05) is 32.2 Å². The first-order valence-corrected chi connectivity index (χ1v) is 6.38. The summed E-state index contributed by atoms with van der Waals surface area (Å²) in [7, 11) is 0. The summed E-state index contributed by atoms with van der Waals surface area (Å²) in [4.78, 5) is 16.2. The number of hydrogen-bond donors (Lipinski definition) is 1. The lowest BCUT2D eigenvalue weighted by Crippen LogP contribution is -2.32. The van der Waals surface area contributed by atoms with Crippen molar-refractivity contribution < 1.29 is 4.79 Å². The van der Waals surface area contributed by atoms with Crippen molar-refractivity contribution in [3.8, 4) is 0 Å². The Balaban J connectivity index is 1.99. The first-order valence-electron chi connectivity index (χ1n) is 6.38. The molecule has 2 aromatic rings. The fraction of sp³-hybridized carbons (Fsp3) is 0.357. The summed E-state index contributed by atoms with van der Waals surface area (Å²) in [5, 5.41) is 7.08. The van der Waals surface area contributed by atoms with Gasteiger partial charge in [-0.2, -0.15) is 5.10 Å². The molecular weight excluding hydrogens is 240 g/mol. The van der Waals surface area contributed by atoms with Crippen molar-refractivity contribution >= 4 is 5.91 Å². The summed E-state index contributed by atoms with van der Waals surface area (Å²) >= 11 is 0. The van der Waals surface area contributed by atoms with Crippen LogP contribution in [0.1, 0.15) is 30.5 Å². The largest absolute Gasteiger partial charge is 0.350 e. The van der Waals surface area contributed by atoms with Crippen LogP contribution in [0.15, 0.2) is 36.9 Å². The van der Waals surface area contributed by atoms with Gasteiger partial charge in [-0.05, 0) is 36.6 Å². The summed E-state index contributed by atoms with van der Waals surface area (Å²) in [5.74, 6) is -0.0117. The van der Waals surface area contributed by atoms with Crippen LogP contribution < -0.4 is 5.32 Å². The van der Waals surface area contributed by atoms with Gasteiger partial charge in [0.1, 0.15) is 6.04 Å². The normalized spacial score (nSPS) is 12.1. The maximum atomic E-state index is 12.2. The molecule has 0 bridgehead atoms. The van der Waals surface area contributed by atoms with Crippen molar-refractivity contribution in [1.82, 2.24) is 20.1 Å². The Labute approximate surface area is 112 Å². The van der Waals surface area contributed by atoms with Crippen LogP contribution in [0.4, 0.5) is 0 Å². The van der Waals surface area contributed by atoms with Crippen molar-refractivity contribution in [2.45, 2.75) is 32.9 Å². The molecule has 1 N–H and O–H groups in total. The molecule has 19 heavy (non-hydrogen) atoms. The fourth-order valence-electron chi connectivity index (χ4n) is 1.96. The van der Waals surface area contributed by atoms with Gasteiger partial charge in [-0.3, -0.25) is 14.5 Å². The quantitative estimate of drug-likeness (QED) is 0.890. The van der Waals surface area contributed by atoms with E-state index < -0.39 is 0 Å². The molecule has 0 fully saturated rings. The molecule has 0 aliphatic carbocycles. The van der Waals surface area contributed by atoms with Crippen LogP contribution in [0, 0.1) is 6.92 Å². The third kappa shape index (κ3) is 3.19. The van der Waals surface area contributed by atoms with Crippen molar-refractivity contribution in [2.24, 2.45) is 0 Å². The summed E-state index contributed by atoms with van der Waals surface area (Å²) in [5.41, 5.74) is 2.16. The summed E-state index contributed by atoms with van der Waals surface area (Å²) in [6, 6.07) is 3.49. The third-order valence-corrected chi connectivity index (χ3v) is 3.12. The van der Waals surface area contributed by atoms with Gasteiger partial charge in [-0.15, -0.1) is 0 Å². The standard InChI is InChI=1S/C14H18N4O/c1-3-13(18-8-4-6-17-18)14(19)16-10-12-5-7-15-9-11(12)2/h4-9,13H,3,10H2,1-2H3,(H,16,19)/t13-/m0/s1. The molecule has 0 saturated carbocycles. The predicted molar refractivity (Wildman–Crippen MR) is 72.4 cm³/mol. The topological polar surface area (TPSA) is 59.8 Å². The lowest BCUT2D eigenvalue weighted by molar-refractivity contribution is -0.124. The zero-order valence-electron chi connectivity index (χ0n) is 11.2. The molecule has 0 aromatic carbocycles. The second kappa shape index (κ2) is 6.13. The molecule has 2 rings (SSSR count). The van der Waals surface area contributed by atoms with Crippen molar-refractivity contribution in [2.75, 3.05) is 0 Å². The molecule has 2 aromatic heterocycles. The average Bonchev–Trinajstić information content (AvgIpc) is 2.92. The molecule has 0 spiro atoms. The Morgan fingerprint density at radius 1 is 1.47 bits per heavy atom. The maximum absolute atomic E-state index is 12.2. The van der Waals surface area contributed by atoms with E-state index in [4.69, 9.17) is 0 Å². The van der Waals surface area contributed by atoms with Gasteiger partial charge in [0, 0.05) is 31.3 Å². The molecule has 2 heterocycles. The van der Waals surface area contributed by atoms with Gasteiger partial charge in [0.05, 0.1) is 0 Å². The molecule has 0 saturated heterocycles. The Bertz CT molecular complexity index is 536. The van der Waals surface area contributed by atoms with E-state index in [-0.39, 0.29) is 11.9 Å². The minimum absolute atomic E-state index is 0.0117. The van der Waals surface area contributed by atoms with Gasteiger partial charge in [0.25, 0.3) is 0 Å². The van der Waals surface area contributed by atoms with E-state index in [1.165, 1.54) is 0 Å². The van der Waals surface area contributed by atoms with E-state index in [0.717, 1.165) is 11.1 Å². The van der Waals surface area contributed by atoms with Crippen LogP contribution in [-0.2, 0) is 11.3 Å². The van der Waals surface area contributed by atoms with Crippen LogP contribution in [0.25, 0.3) is 0 Å². The highest BCUT2D eigenvalue weighted by atomic mass is 16.2. The minimum Gasteiger partial charge on any atom is -0.350 e. The maximum Gasteiger partial charge on any atom is 0.245 e. The number of nitrogens with one attached hydrogen (secondary N) is 1. The van der Waals surface area contributed by atoms with Crippen LogP contribution in [0.5, 0.6) is 0 Å². The third-order valence-electron chi connectivity index (χ3n) is 3.12. The van der Waals surface area contributed by atoms with Gasteiger partial charge < -0.3 is 5.32 Å². The van der Waals surface area contributed by atoms with Crippen molar-refractivity contribution in [1.29, 1.82) is 0 Å². The molecule has 0 unspecified atom stereocenters. The Hall–Kier alpha value is -2.17. The fourth-order valence-corrected chi connectivity index (χ4v) is 1.96. The Morgan fingerprint density at radius 3 is 2.95 bits per heavy atom. The molecule has 0 aliphatic rings. The number of nitrogens with zero attached hydrogens (tertiary/aromatic N) is 3. The first-order chi connectivity index (χ1) is 9.22. The van der Waals surface area contributed by atoms with E-state index >= 15 is 0 Å². The molecule has 1 amide bonds. The number of carbonyl (C=O) groups excluding carboxylic acids is 1. The SMILES string of the molecule is CC[C@@H](C(=O)NCc1ccncc1C)n1cccn1. The molecule has 0 aliphatic heterocycles. The van der Waals surface area contributed by atoms with Crippen LogP contribution in [0.3, 0.4) is 0 Å². The highest BCUT2D eigenvalue weighted by Crippen LogP contribution is 2.11. The summed E-state index contributed by atoms with van der Waals surface area (Å²) in [6.07, 6.45) is 7.74. The van der Waals surface area contributed by atoms with Crippen LogP contribution in [0.2, 0.25) is 0 Å². The van der Waals surface area contributed by atoms with E-state index in [0.29, 0.717) is 13.0 Å². The molecular formula is C14H18N4O. The summed E-state index contributed by atoms with van der Waals surface area (Å²) < 4.78 is 1.69. The highest BCUT2D eigenvalue weighted by Gasteiger charge is 2.18. The number of pyridine rings is 1. The zero-order valence-corrected chi connectivity index (χ0v) is 11.2. The molecule has 5 heteroatoms. The number of amides is 1. The highest BCUT2D eigenvalue weighted by molar-refractivity contribution is 5.80. The van der Waals surface area contributed by atoms with Crippen LogP contribution in [-0.4, -0.2) is 20.7 Å². The number of hydrogen-bond acceptors (Lipinski definition) is 3. The van der Waals surface area contributed by atoms with E-state index in [1.54, 1.807) is 23.3 Å². The smallest absolute Gasteiger partial charge is 0.245 e. The van der Waals surface area contributed by atoms with Gasteiger partial charge >= 0.3 is 0 Å². The average molecular weight is 258 g/mol. The Morgan fingerprint density at radius 2 is 2.32 bits per heavy atom. The number of aromatic nitrogens is 3. The second-order valence-electron chi connectivity index (χ2n) is 4.43. The zero-order chi connectivity index (χ0) is 13.7. The second-order valence-corrected chi connectivity index (χ2v) is 4.43. The molecule has 5 nitrogen and oxygen atoms in total. The molecule has 1 atom stereocenters. The Kier molecular flexibility index (Phi) is 4.28. The number of aryl methyl sites for hydroxylation is 1. The first kappa shape index (κ1) is 13.3. The minimum atomic E-state index is -0.253. The van der Waals surface area contributed by atoms with Gasteiger partial charge in [-0.25, -0.2) is 0 Å². The van der Waals surface area contributed by atoms with E-state index in [2.05, 4.69) is 15.4 Å². The van der Waals surface area contributed by atoms with Crippen LogP contribution >= 0.6 is 0 Å². The molecule has 0 radical (unpaired) electrons. The van der Waals surface area contributed by atoms with Gasteiger partial charge in [0.15, 0.2) is 0 Å². The van der Waals surface area contributed by atoms with Gasteiger partial charge in [0.2, 0.25) is 5.91 Å². The summed E-state index contributed by atoms with van der Waals surface area (Å²) in [6.45, 7) is 4.48. The van der Waals surface area contributed by atoms with Gasteiger partial charge in [-0.1, -0.05) is 6.92 Å². The lowest BCUT2D eigenvalue weighted by Gasteiger charge is -2.16. The number of carbonyl (C=O) groups is 1. The van der Waals surface area contributed by atoms with Crippen molar-refractivity contribution in [3.05, 3.63) is 48.0 Å². The van der Waals surface area contributed by atoms with Crippen molar-refractivity contribution in [3.63, 3.8) is 0 Å².